The van der Waals surface area contributed by atoms with Crippen LogP contribution in [0.15, 0.2) is 243 Å². The summed E-state index contributed by atoms with van der Waals surface area (Å²) in [6.45, 7) is 39.9. The van der Waals surface area contributed by atoms with E-state index < -0.39 is 6.10 Å². The van der Waals surface area contributed by atoms with Crippen LogP contribution in [0.2, 0.25) is 0 Å². The molecule has 0 amide bonds. The van der Waals surface area contributed by atoms with Gasteiger partial charge in [0, 0.05) is 19.1 Å². The van der Waals surface area contributed by atoms with Gasteiger partial charge in [0.1, 0.15) is 46.0 Å². The molecule has 0 heterocycles. The number of alkyl halides is 1. The van der Waals surface area contributed by atoms with Crippen molar-refractivity contribution in [1.29, 1.82) is 0 Å². The van der Waals surface area contributed by atoms with Crippen molar-refractivity contribution in [2.24, 2.45) is 11.8 Å². The first-order valence-corrected chi connectivity index (χ1v) is 49.8. The Hall–Kier alpha value is -12.9. The van der Waals surface area contributed by atoms with Crippen molar-refractivity contribution in [3.05, 3.63) is 382 Å². The Kier molecular flexibility index (Phi) is 33.7. The number of rotatable bonds is 14. The van der Waals surface area contributed by atoms with Crippen molar-refractivity contribution >= 4 is 32.5 Å². The molecule has 0 fully saturated rings. The number of Topliss-reactive ketones (excluding diaryl/α,β-unsaturated/α-hetero) is 1. The number of hydrogen-bond donors (Lipinski definition) is 10. The molecule has 10 N–H and O–H groups in total. The lowest BCUT2D eigenvalue weighted by molar-refractivity contribution is -0.116. The standard InChI is InChI=1S/C19H22O2.C19H18O.C18H19BrO2.2C18H20O2.C18H22O.C17H18O2/c1-12-4-5-15-9-14(6-7-18(12)15)16-8-13(2)19(20)17(10-16)11-21-3;1-12-4-5-16-11-17(7-6-15(16)8-12)18-9-13(2)19(20)14(3)10-18;1-10-6-13(7-11(2)16(10)20)12-4-5-15-14(8-12)9-18(3,19)17(15)21;2*1-10-6-14(7-11(2)17(10)19)13-4-5-16-15(9-13)8-12(3)18(16)20;1-4-5-6-15-7-9-16(10-8-15)17-11-13(2)18(19)14(3)12-17;1-11-7-16(8-12(2)17(11)19)15-6-4-5-14(10-15)9-13(3)18/h6-10,12,20H,4-5,11H2,1-3H3;4-11,20H,1-3H3;4-8,17,20-21H,9H2,1-3H3;2*4-7,9,12,18-20H,8H2,1-3H3;7-12,19H,4-6H2,1-3H3;4-8,10,19H,9H2,1-3H3/t12-;;;;;;/m0....../s1. The number of phenols is 7. The number of phenolic OH excluding ortho intramolecular Hbond substituents is 7. The van der Waals surface area contributed by atoms with Gasteiger partial charge in [0.05, 0.1) is 29.2 Å². The number of carbonyl (C=O) groups excluding carboxylic acids is 1. The zero-order valence-electron chi connectivity index (χ0n) is 85.3. The monoisotopic (exact) mass is 1930 g/mol. The van der Waals surface area contributed by atoms with E-state index in [0.717, 1.165) is 181 Å². The van der Waals surface area contributed by atoms with Gasteiger partial charge >= 0.3 is 0 Å². The van der Waals surface area contributed by atoms with Crippen LogP contribution in [0.3, 0.4) is 0 Å². The predicted octanol–water partition coefficient (Wildman–Crippen LogP) is 30.7. The number of hydrogen-bond acceptors (Lipinski definition) is 12. The van der Waals surface area contributed by atoms with E-state index in [2.05, 4.69) is 166 Å². The smallest absolute Gasteiger partial charge is 0.134 e. The lowest BCUT2D eigenvalue weighted by Crippen LogP contribution is -2.21. The summed E-state index contributed by atoms with van der Waals surface area (Å²) < 4.78 is 4.90. The molecule has 726 valence electrons. The lowest BCUT2D eigenvalue weighted by Gasteiger charge is -2.19. The molecule has 6 unspecified atom stereocenters. The van der Waals surface area contributed by atoms with Gasteiger partial charge in [0.25, 0.3) is 0 Å². The summed E-state index contributed by atoms with van der Waals surface area (Å²) in [7, 11) is 1.65. The van der Waals surface area contributed by atoms with Crippen molar-refractivity contribution < 1.29 is 60.6 Å². The Morgan fingerprint density at radius 3 is 1.10 bits per heavy atom. The molecular formula is C127H139BrO12. The van der Waals surface area contributed by atoms with Crippen LogP contribution in [-0.2, 0) is 54.7 Å². The Balaban J connectivity index is 0.000000138. The fourth-order valence-corrected chi connectivity index (χ4v) is 20.5. The minimum atomic E-state index is -0.468. The molecule has 15 aromatic rings. The van der Waals surface area contributed by atoms with E-state index in [-0.39, 0.29) is 22.3 Å². The first-order chi connectivity index (χ1) is 66.5. The molecule has 0 radical (unpaired) electrons. The molecule has 0 spiro atoms. The Labute approximate surface area is 837 Å². The number of benzene rings is 15. The van der Waals surface area contributed by atoms with E-state index in [1.165, 1.54) is 97.7 Å². The molecule has 0 saturated heterocycles. The van der Waals surface area contributed by atoms with Crippen LogP contribution in [0, 0.1) is 109 Å². The van der Waals surface area contributed by atoms with Crippen molar-refractivity contribution in [2.75, 3.05) is 7.11 Å². The number of carbonyl (C=O) groups is 1. The van der Waals surface area contributed by atoms with E-state index in [1.807, 2.05) is 224 Å². The van der Waals surface area contributed by atoms with Crippen LogP contribution in [0.5, 0.6) is 40.2 Å². The summed E-state index contributed by atoms with van der Waals surface area (Å²) in [6, 6.07) is 83.5. The maximum atomic E-state index is 11.2. The normalized spacial score (nSPS) is 16.6. The van der Waals surface area contributed by atoms with Crippen LogP contribution in [-0.4, -0.2) is 68.3 Å². The molecule has 15 aromatic carbocycles. The highest BCUT2D eigenvalue weighted by molar-refractivity contribution is 9.10. The highest BCUT2D eigenvalue weighted by atomic mass is 79.9. The van der Waals surface area contributed by atoms with Gasteiger partial charge in [0.2, 0.25) is 0 Å². The SMILES string of the molecule is CC(=O)Cc1cccc(-c2cc(C)c(O)c(C)c2)c1.CCCCc1ccc(-c2cc(C)c(O)c(C)c2)cc1.COCc1cc(-c2ccc3c(c2)CC[C@@H]3C)cc(C)c1O.Cc1cc(-c2ccc3c(c2)CC(C)(Br)C3O)cc(C)c1O.Cc1cc(-c2ccc3c(c2)CC(C)C3O)cc(C)c1O.Cc1cc(-c2ccc3c(c2)CC(C)C3O)cc(C)c1O.Cc1ccc2cc(-c3cc(C)c(O)c(C)c3)ccc2c1. The first-order valence-electron chi connectivity index (χ1n) is 49.0. The van der Waals surface area contributed by atoms with Crippen molar-refractivity contribution in [3.63, 3.8) is 0 Å². The zero-order valence-corrected chi connectivity index (χ0v) is 86.9. The Morgan fingerprint density at radius 1 is 0.357 bits per heavy atom. The van der Waals surface area contributed by atoms with E-state index in [9.17, 15) is 55.9 Å². The number of unbranched alkanes of at least 4 members (excludes halogenated alkanes) is 1. The van der Waals surface area contributed by atoms with Crippen molar-refractivity contribution in [1.82, 2.24) is 0 Å². The highest BCUT2D eigenvalue weighted by Gasteiger charge is 2.40. The quantitative estimate of drug-likeness (QED) is 0.0459. The van der Waals surface area contributed by atoms with Gasteiger partial charge in [0.15, 0.2) is 0 Å². The third-order valence-corrected chi connectivity index (χ3v) is 29.0. The van der Waals surface area contributed by atoms with Crippen molar-refractivity contribution in [2.45, 2.75) is 231 Å². The second-order valence-corrected chi connectivity index (χ2v) is 41.9. The molecule has 4 aliphatic rings. The fourth-order valence-electron chi connectivity index (χ4n) is 20.0. The summed E-state index contributed by atoms with van der Waals surface area (Å²) in [5.74, 6) is 4.04. The molecule has 7 atom stereocenters. The maximum absolute atomic E-state index is 11.2. The summed E-state index contributed by atoms with van der Waals surface area (Å²) in [5, 5.41) is 102. The summed E-state index contributed by atoms with van der Waals surface area (Å²) in [5.41, 5.74) is 42.0. The topological polar surface area (TPSA) is 229 Å². The Bertz CT molecular complexity index is 6820. The molecule has 140 heavy (non-hydrogen) atoms. The summed E-state index contributed by atoms with van der Waals surface area (Å²) in [6.07, 6.45) is 8.07. The van der Waals surface area contributed by atoms with Crippen LogP contribution in [0.1, 0.15) is 224 Å². The van der Waals surface area contributed by atoms with E-state index in [0.29, 0.717) is 71.0 Å². The third kappa shape index (κ3) is 24.6. The largest absolute Gasteiger partial charge is 0.507 e. The van der Waals surface area contributed by atoms with Gasteiger partial charge in [-0.15, -0.1) is 0 Å². The number of fused-ring (bicyclic) bond motifs is 5. The molecule has 0 aromatic heterocycles. The van der Waals surface area contributed by atoms with Gasteiger partial charge in [-0.05, 0) is 481 Å². The van der Waals surface area contributed by atoms with Gasteiger partial charge in [-0.25, -0.2) is 0 Å². The number of aryl methyl sites for hydroxylation is 16. The van der Waals surface area contributed by atoms with Crippen LogP contribution >= 0.6 is 15.9 Å². The van der Waals surface area contributed by atoms with Gasteiger partial charge < -0.3 is 55.8 Å². The zero-order chi connectivity index (χ0) is 101. The minimum absolute atomic E-state index is 0.162. The number of methoxy groups -OCH3 is 1. The lowest BCUT2D eigenvalue weighted by atomic mass is 9.95. The second kappa shape index (κ2) is 45.2. The van der Waals surface area contributed by atoms with Gasteiger partial charge in [-0.2, -0.15) is 0 Å². The number of ether oxygens (including phenoxy) is 1. The second-order valence-electron chi connectivity index (χ2n) is 40.1. The van der Waals surface area contributed by atoms with Crippen molar-refractivity contribution in [3.8, 4) is 118 Å². The van der Waals surface area contributed by atoms with E-state index >= 15 is 0 Å². The highest BCUT2D eigenvalue weighted by Crippen LogP contribution is 2.48. The minimum Gasteiger partial charge on any atom is -0.507 e. The average Bonchev–Trinajstić information content (AvgIpc) is 1.62. The van der Waals surface area contributed by atoms with Gasteiger partial charge in [-0.1, -0.05) is 207 Å². The number of aliphatic hydroxyl groups excluding tert-OH is 3. The average molecular weight is 1940 g/mol. The molecule has 13 heteroatoms. The van der Waals surface area contributed by atoms with Crippen LogP contribution in [0.4, 0.5) is 0 Å². The summed E-state index contributed by atoms with van der Waals surface area (Å²) >= 11 is 3.62. The number of aromatic hydroxyl groups is 7. The number of ketones is 1. The molecule has 0 saturated carbocycles. The fraction of sp³-hybridized carbons (Fsp3) is 0.299. The molecule has 0 aliphatic heterocycles. The third-order valence-electron chi connectivity index (χ3n) is 28.3. The van der Waals surface area contributed by atoms with Crippen LogP contribution in [0.25, 0.3) is 88.7 Å². The Morgan fingerprint density at radius 2 is 0.693 bits per heavy atom. The predicted molar refractivity (Wildman–Crippen MR) is 581 cm³/mol. The van der Waals surface area contributed by atoms with Crippen LogP contribution < -0.4 is 0 Å². The van der Waals surface area contributed by atoms with E-state index in [4.69, 9.17) is 4.74 Å². The number of aliphatic hydroxyl groups is 3. The molecule has 12 nitrogen and oxygen atoms in total. The molecular weight excluding hydrogens is 1800 g/mol. The molecule has 19 rings (SSSR count). The van der Waals surface area contributed by atoms with Gasteiger partial charge in [-0.3, -0.25) is 4.79 Å². The van der Waals surface area contributed by atoms with E-state index in [1.54, 1.807) is 14.0 Å². The summed E-state index contributed by atoms with van der Waals surface area (Å²) in [4.78, 5) is 11.2. The first kappa shape index (κ1) is 105. The maximum Gasteiger partial charge on any atom is 0.134 e. The number of halogens is 1. The molecule has 0 bridgehead atoms. The molecule has 4 aliphatic carbocycles.